The fourth-order valence-electron chi connectivity index (χ4n) is 6.35. The Morgan fingerprint density at radius 3 is 2.48 bits per heavy atom. The lowest BCUT2D eigenvalue weighted by Gasteiger charge is -2.39. The summed E-state index contributed by atoms with van der Waals surface area (Å²) in [5.41, 5.74) is 7.13. The number of imidazole rings is 1. The highest BCUT2D eigenvalue weighted by molar-refractivity contribution is 7.88. The molecule has 0 aromatic carbocycles. The van der Waals surface area contributed by atoms with Crippen molar-refractivity contribution in [1.82, 2.24) is 23.8 Å². The van der Waals surface area contributed by atoms with Crippen LogP contribution in [0.4, 0.5) is 16.6 Å². The molecule has 2 aromatic heterocycles. The largest absolute Gasteiger partial charge is 0.463 e. The van der Waals surface area contributed by atoms with E-state index in [1.807, 2.05) is 6.92 Å². The van der Waals surface area contributed by atoms with E-state index in [2.05, 4.69) is 37.6 Å². The van der Waals surface area contributed by atoms with Gasteiger partial charge in [0.25, 0.3) is 0 Å². The van der Waals surface area contributed by atoms with E-state index in [9.17, 15) is 18.3 Å². The van der Waals surface area contributed by atoms with Gasteiger partial charge in [0.2, 0.25) is 16.0 Å². The molecule has 13 nitrogen and oxygen atoms in total. The van der Waals surface area contributed by atoms with Crippen LogP contribution in [-0.4, -0.2) is 87.3 Å². The number of fused-ring (bicyclic) bond motifs is 1. The topological polar surface area (TPSA) is 172 Å². The molecule has 2 unspecified atom stereocenters. The number of hydrogen-bond acceptors (Lipinski definition) is 8. The fraction of sp³-hybridized carbons (Fsp3) is 0.679. The normalized spacial score (nSPS) is 25.1. The summed E-state index contributed by atoms with van der Waals surface area (Å²) in [4.78, 5) is 31.1. The molecular weight excluding hydrogens is 558 g/mol. The number of amidine groups is 1. The SMILES string of the molecule is C#CC1CCC(Cn2c(N3CCN(S(C)(=O)=O)CC3C)nc3nc(C(N)=NC(=O)O)nc(NC(C)C4CCC4)c32)CC1. The highest BCUT2D eigenvalue weighted by Crippen LogP contribution is 2.36. The number of aromatic nitrogens is 4. The van der Waals surface area contributed by atoms with Gasteiger partial charge in [0, 0.05) is 44.2 Å². The van der Waals surface area contributed by atoms with Crippen molar-refractivity contribution in [2.45, 2.75) is 77.4 Å². The number of carbonyl (C=O) groups is 1. The number of amides is 1. The Kier molecular flexibility index (Phi) is 8.61. The number of piperazine rings is 1. The summed E-state index contributed by atoms with van der Waals surface area (Å²) < 4.78 is 28.2. The molecule has 42 heavy (non-hydrogen) atoms. The number of terminal acetylenes is 1. The summed E-state index contributed by atoms with van der Waals surface area (Å²) in [5, 5.41) is 12.8. The molecule has 1 saturated heterocycles. The summed E-state index contributed by atoms with van der Waals surface area (Å²) in [6, 6.07) is -0.0185. The highest BCUT2D eigenvalue weighted by Gasteiger charge is 2.34. The summed E-state index contributed by atoms with van der Waals surface area (Å²) >= 11 is 0. The maximum Gasteiger partial charge on any atom is 0.433 e. The molecule has 3 heterocycles. The third-order valence-electron chi connectivity index (χ3n) is 9.09. The number of nitrogens with zero attached hydrogens (tertiary/aromatic N) is 7. The first-order valence-electron chi connectivity index (χ1n) is 14.7. The van der Waals surface area contributed by atoms with Crippen LogP contribution >= 0.6 is 0 Å². The van der Waals surface area contributed by atoms with E-state index >= 15 is 0 Å². The molecule has 2 atom stereocenters. The first kappa shape index (κ1) is 30.0. The monoisotopic (exact) mass is 599 g/mol. The van der Waals surface area contributed by atoms with Crippen molar-refractivity contribution in [3.8, 4) is 12.3 Å². The van der Waals surface area contributed by atoms with Crippen LogP contribution < -0.4 is 16.0 Å². The lowest BCUT2D eigenvalue weighted by Crippen LogP contribution is -2.54. The van der Waals surface area contributed by atoms with E-state index in [-0.39, 0.29) is 23.7 Å². The molecule has 2 aliphatic carbocycles. The molecule has 3 fully saturated rings. The van der Waals surface area contributed by atoms with Gasteiger partial charge < -0.3 is 25.6 Å². The second-order valence-electron chi connectivity index (χ2n) is 12.0. The maximum absolute atomic E-state index is 12.3. The molecule has 1 amide bonds. The van der Waals surface area contributed by atoms with Crippen molar-refractivity contribution in [2.24, 2.45) is 28.5 Å². The highest BCUT2D eigenvalue weighted by atomic mass is 32.2. The average Bonchev–Trinajstić information content (AvgIpc) is 3.25. The molecule has 1 aliphatic heterocycles. The zero-order valence-electron chi connectivity index (χ0n) is 24.5. The zero-order valence-corrected chi connectivity index (χ0v) is 25.3. The molecule has 2 saturated carbocycles. The van der Waals surface area contributed by atoms with E-state index < -0.39 is 16.1 Å². The van der Waals surface area contributed by atoms with Gasteiger partial charge in [0.05, 0.1) is 6.26 Å². The van der Waals surface area contributed by atoms with Crippen LogP contribution in [0, 0.1) is 30.1 Å². The van der Waals surface area contributed by atoms with Gasteiger partial charge in [-0.05, 0) is 64.2 Å². The van der Waals surface area contributed by atoms with Crippen molar-refractivity contribution in [1.29, 1.82) is 0 Å². The summed E-state index contributed by atoms with van der Waals surface area (Å²) in [6.07, 6.45) is 12.9. The van der Waals surface area contributed by atoms with Gasteiger partial charge in [-0.25, -0.2) is 23.2 Å². The number of sulfonamides is 1. The number of hydrogen-bond donors (Lipinski definition) is 3. The first-order chi connectivity index (χ1) is 19.9. The first-order valence-corrected chi connectivity index (χ1v) is 16.6. The number of carboxylic acid groups (broad SMARTS) is 1. The minimum atomic E-state index is -3.32. The van der Waals surface area contributed by atoms with Crippen LogP contribution in [0.1, 0.15) is 64.6 Å². The van der Waals surface area contributed by atoms with Gasteiger partial charge in [0.15, 0.2) is 23.1 Å². The third-order valence-corrected chi connectivity index (χ3v) is 10.4. The van der Waals surface area contributed by atoms with Crippen molar-refractivity contribution < 1.29 is 18.3 Å². The van der Waals surface area contributed by atoms with E-state index in [0.29, 0.717) is 61.3 Å². The van der Waals surface area contributed by atoms with Crippen LogP contribution in [0.15, 0.2) is 4.99 Å². The van der Waals surface area contributed by atoms with Crippen LogP contribution in [0.5, 0.6) is 0 Å². The predicted octanol–water partition coefficient (Wildman–Crippen LogP) is 2.72. The summed E-state index contributed by atoms with van der Waals surface area (Å²) in [6.45, 7) is 5.95. The van der Waals surface area contributed by atoms with Crippen LogP contribution in [-0.2, 0) is 16.6 Å². The predicted molar refractivity (Wildman–Crippen MR) is 162 cm³/mol. The lowest BCUT2D eigenvalue weighted by molar-refractivity contribution is 0.205. The second-order valence-corrected chi connectivity index (χ2v) is 14.0. The Bertz CT molecular complexity index is 1500. The Hall–Kier alpha value is -3.44. The third kappa shape index (κ3) is 6.32. The summed E-state index contributed by atoms with van der Waals surface area (Å²) in [5.74, 6) is 4.99. The van der Waals surface area contributed by atoms with Crippen LogP contribution in [0.2, 0.25) is 0 Å². The van der Waals surface area contributed by atoms with E-state index in [1.165, 1.54) is 17.0 Å². The number of nitrogens with two attached hydrogens (primary N) is 1. The van der Waals surface area contributed by atoms with Gasteiger partial charge in [0.1, 0.15) is 5.52 Å². The quantitative estimate of drug-likeness (QED) is 0.233. The van der Waals surface area contributed by atoms with E-state index in [0.717, 1.165) is 44.0 Å². The van der Waals surface area contributed by atoms with Crippen molar-refractivity contribution >= 4 is 44.9 Å². The average molecular weight is 600 g/mol. The van der Waals surface area contributed by atoms with Crippen molar-refractivity contribution in [3.05, 3.63) is 5.82 Å². The standard InChI is InChI=1S/C28H41N9O4S/c1-5-19-9-11-20(12-10-19)16-37-22-24(30-18(3)21-7-6-8-21)32-26(23(29)31-28(38)39)33-25(22)34-27(37)36-14-13-35(15-17(36)2)42(4,40)41/h1,17-21H,6-16H2,2-4H3,(H2,29,31)(H,38,39)(H,30,32,33). The Morgan fingerprint density at radius 1 is 1.19 bits per heavy atom. The number of anilines is 2. The van der Waals surface area contributed by atoms with Gasteiger partial charge >= 0.3 is 6.09 Å². The molecule has 14 heteroatoms. The minimum absolute atomic E-state index is 0.00566. The Balaban J connectivity index is 1.61. The molecule has 2 aromatic rings. The zero-order chi connectivity index (χ0) is 30.2. The molecule has 0 bridgehead atoms. The molecule has 5 rings (SSSR count). The molecule has 228 valence electrons. The van der Waals surface area contributed by atoms with Gasteiger partial charge in [-0.2, -0.15) is 14.3 Å². The van der Waals surface area contributed by atoms with Gasteiger partial charge in [-0.3, -0.25) is 0 Å². The van der Waals surface area contributed by atoms with Gasteiger partial charge in [-0.1, -0.05) is 6.42 Å². The Labute approximate surface area is 247 Å². The minimum Gasteiger partial charge on any atom is -0.463 e. The van der Waals surface area contributed by atoms with Crippen LogP contribution in [0.25, 0.3) is 11.2 Å². The fourth-order valence-corrected chi connectivity index (χ4v) is 7.25. The van der Waals surface area contributed by atoms with E-state index in [1.54, 1.807) is 0 Å². The van der Waals surface area contributed by atoms with Crippen molar-refractivity contribution in [2.75, 3.05) is 36.1 Å². The number of rotatable bonds is 8. The summed E-state index contributed by atoms with van der Waals surface area (Å²) in [7, 11) is -3.32. The number of nitrogens with one attached hydrogen (secondary N) is 1. The molecule has 0 radical (unpaired) electrons. The smallest absolute Gasteiger partial charge is 0.433 e. The molecular formula is C28H41N9O4S. The lowest BCUT2D eigenvalue weighted by atomic mass is 9.80. The molecule has 4 N–H and O–H groups in total. The maximum atomic E-state index is 12.3. The van der Waals surface area contributed by atoms with Gasteiger partial charge in [-0.15, -0.1) is 12.3 Å². The van der Waals surface area contributed by atoms with E-state index in [4.69, 9.17) is 22.1 Å². The Morgan fingerprint density at radius 2 is 1.90 bits per heavy atom. The van der Waals surface area contributed by atoms with Crippen molar-refractivity contribution in [3.63, 3.8) is 0 Å². The molecule has 3 aliphatic rings. The molecule has 0 spiro atoms. The second kappa shape index (κ2) is 12.0. The van der Waals surface area contributed by atoms with Crippen LogP contribution in [0.3, 0.4) is 0 Å². The number of aliphatic imine (C=N–C) groups is 1.